The van der Waals surface area contributed by atoms with Crippen LogP contribution < -0.4 is 10.1 Å². The van der Waals surface area contributed by atoms with Crippen molar-refractivity contribution in [2.75, 3.05) is 18.5 Å². The smallest absolute Gasteiger partial charge is 0.163 e. The molecule has 4 rings (SSSR count). The molecule has 4 aromatic rings. The number of hydrogen-bond donors (Lipinski definition) is 1. The van der Waals surface area contributed by atoms with E-state index in [1.54, 1.807) is 11.3 Å². The maximum absolute atomic E-state index is 5.71. The first kappa shape index (κ1) is 16.5. The minimum Gasteiger partial charge on any atom is -0.492 e. The molecule has 0 saturated carbocycles. The van der Waals surface area contributed by atoms with Crippen molar-refractivity contribution in [2.45, 2.75) is 6.92 Å². The summed E-state index contributed by atoms with van der Waals surface area (Å²) < 4.78 is 6.96. The predicted octanol–water partition coefficient (Wildman–Crippen LogP) is 5.16. The molecule has 130 valence electrons. The third-order valence-corrected chi connectivity index (χ3v) is 4.96. The van der Waals surface area contributed by atoms with E-state index in [2.05, 4.69) is 39.9 Å². The number of fused-ring (bicyclic) bond motifs is 1. The van der Waals surface area contributed by atoms with Gasteiger partial charge in [-0.1, -0.05) is 36.4 Å². The topological polar surface area (TPSA) is 47.0 Å². The van der Waals surface area contributed by atoms with Gasteiger partial charge in [0.05, 0.1) is 6.54 Å². The van der Waals surface area contributed by atoms with E-state index >= 15 is 0 Å². The van der Waals surface area contributed by atoms with Crippen LogP contribution in [0.5, 0.6) is 5.75 Å². The van der Waals surface area contributed by atoms with Crippen molar-refractivity contribution in [2.24, 2.45) is 0 Å². The summed E-state index contributed by atoms with van der Waals surface area (Å²) in [7, 11) is 0. The summed E-state index contributed by atoms with van der Waals surface area (Å²) in [5, 5.41) is 6.66. The predicted molar refractivity (Wildman–Crippen MR) is 108 cm³/mol. The molecule has 0 aliphatic heterocycles. The molecule has 0 saturated heterocycles. The zero-order chi connectivity index (χ0) is 17.8. The van der Waals surface area contributed by atoms with Gasteiger partial charge in [-0.25, -0.2) is 9.97 Å². The minimum absolute atomic E-state index is 0.573. The number of hydrogen-bond acceptors (Lipinski definition) is 5. The number of benzene rings is 2. The lowest BCUT2D eigenvalue weighted by Gasteiger charge is -2.10. The number of nitrogens with zero attached hydrogens (tertiary/aromatic N) is 2. The molecule has 0 radical (unpaired) electrons. The summed E-state index contributed by atoms with van der Waals surface area (Å²) >= 11 is 1.72. The summed E-state index contributed by atoms with van der Waals surface area (Å²) in [6.07, 6.45) is 0. The van der Waals surface area contributed by atoms with Gasteiger partial charge in [0.25, 0.3) is 0 Å². The second-order valence-corrected chi connectivity index (χ2v) is 6.86. The van der Waals surface area contributed by atoms with E-state index in [4.69, 9.17) is 9.72 Å². The van der Waals surface area contributed by atoms with Crippen LogP contribution in [0.2, 0.25) is 0 Å². The van der Waals surface area contributed by atoms with Gasteiger partial charge in [0.1, 0.15) is 18.2 Å². The average Bonchev–Trinajstić information content (AvgIpc) is 3.10. The highest BCUT2D eigenvalue weighted by Gasteiger charge is 2.10. The van der Waals surface area contributed by atoms with Crippen LogP contribution >= 0.6 is 11.3 Å². The van der Waals surface area contributed by atoms with Crippen LogP contribution in [-0.4, -0.2) is 23.1 Å². The van der Waals surface area contributed by atoms with E-state index in [0.29, 0.717) is 13.2 Å². The Morgan fingerprint density at radius 1 is 1.00 bits per heavy atom. The highest BCUT2D eigenvalue weighted by atomic mass is 32.1. The van der Waals surface area contributed by atoms with Crippen LogP contribution in [0.1, 0.15) is 5.69 Å². The highest BCUT2D eigenvalue weighted by molar-refractivity contribution is 7.17. The van der Waals surface area contributed by atoms with E-state index in [-0.39, 0.29) is 0 Å². The molecule has 1 N–H and O–H groups in total. The molecule has 4 nitrogen and oxygen atoms in total. The van der Waals surface area contributed by atoms with Gasteiger partial charge in [0, 0.05) is 32.8 Å². The molecule has 26 heavy (non-hydrogen) atoms. The lowest BCUT2D eigenvalue weighted by Crippen LogP contribution is -2.13. The Morgan fingerprint density at radius 3 is 2.69 bits per heavy atom. The number of aromatic nitrogens is 2. The molecule has 2 aromatic carbocycles. The molecule has 0 unspecified atom stereocenters. The third kappa shape index (κ3) is 3.68. The van der Waals surface area contributed by atoms with E-state index in [0.717, 1.165) is 28.6 Å². The molecule has 0 aliphatic carbocycles. The fourth-order valence-corrected chi connectivity index (χ4v) is 3.73. The van der Waals surface area contributed by atoms with Crippen LogP contribution in [0, 0.1) is 6.92 Å². The highest BCUT2D eigenvalue weighted by Crippen LogP contribution is 2.32. The molecule has 0 bridgehead atoms. The Hall–Kier alpha value is -2.92. The summed E-state index contributed by atoms with van der Waals surface area (Å²) in [5.41, 5.74) is 2.02. The molecule has 0 amide bonds. The molecule has 0 spiro atoms. The molecular formula is C21H19N3OS. The summed E-state index contributed by atoms with van der Waals surface area (Å²) in [6.45, 7) is 3.24. The minimum atomic E-state index is 0.573. The number of rotatable bonds is 6. The number of ether oxygens (including phenoxy) is 1. The van der Waals surface area contributed by atoms with Gasteiger partial charge in [-0.3, -0.25) is 0 Å². The number of anilines is 1. The number of aryl methyl sites for hydroxylation is 1. The molecule has 0 aliphatic rings. The molecule has 0 atom stereocenters. The second-order valence-electron chi connectivity index (χ2n) is 5.95. The van der Waals surface area contributed by atoms with Gasteiger partial charge in [0.2, 0.25) is 0 Å². The van der Waals surface area contributed by atoms with Crippen molar-refractivity contribution in [1.29, 1.82) is 0 Å². The molecule has 2 heterocycles. The van der Waals surface area contributed by atoms with Gasteiger partial charge >= 0.3 is 0 Å². The van der Waals surface area contributed by atoms with Gasteiger partial charge in [-0.15, -0.1) is 11.3 Å². The van der Waals surface area contributed by atoms with Crippen LogP contribution in [0.4, 0.5) is 5.82 Å². The first-order valence-electron chi connectivity index (χ1n) is 8.53. The normalized spacial score (nSPS) is 10.8. The van der Waals surface area contributed by atoms with E-state index in [1.165, 1.54) is 10.1 Å². The monoisotopic (exact) mass is 361 g/mol. The van der Waals surface area contributed by atoms with Crippen molar-refractivity contribution in [1.82, 2.24) is 9.97 Å². The SMILES string of the molecule is Cc1cc(NCCOc2ccccc2)nc(-c2csc3ccccc23)n1. The van der Waals surface area contributed by atoms with Crippen molar-refractivity contribution < 1.29 is 4.74 Å². The van der Waals surface area contributed by atoms with Crippen molar-refractivity contribution in [3.05, 3.63) is 71.7 Å². The lowest BCUT2D eigenvalue weighted by atomic mass is 10.1. The maximum Gasteiger partial charge on any atom is 0.163 e. The Balaban J connectivity index is 1.48. The zero-order valence-corrected chi connectivity index (χ0v) is 15.3. The number of nitrogens with one attached hydrogen (secondary N) is 1. The first-order valence-corrected chi connectivity index (χ1v) is 9.41. The summed E-state index contributed by atoms with van der Waals surface area (Å²) in [5.74, 6) is 2.45. The van der Waals surface area contributed by atoms with Crippen molar-refractivity contribution in [3.63, 3.8) is 0 Å². The van der Waals surface area contributed by atoms with Crippen LogP contribution in [0.3, 0.4) is 0 Å². The standard InChI is InChI=1S/C21H19N3OS/c1-15-13-20(22-11-12-25-16-7-3-2-4-8-16)24-21(23-15)18-14-26-19-10-6-5-9-17(18)19/h2-10,13-14H,11-12H2,1H3,(H,22,23,24). The molecule has 5 heteroatoms. The Labute approximate surface area is 156 Å². The summed E-state index contributed by atoms with van der Waals surface area (Å²) in [4.78, 5) is 9.33. The first-order chi connectivity index (χ1) is 12.8. The Kier molecular flexibility index (Phi) is 4.80. The molecule has 0 fully saturated rings. The largest absolute Gasteiger partial charge is 0.492 e. The van der Waals surface area contributed by atoms with E-state index < -0.39 is 0 Å². The van der Waals surface area contributed by atoms with Crippen LogP contribution in [0.15, 0.2) is 66.0 Å². The van der Waals surface area contributed by atoms with Gasteiger partial charge in [-0.2, -0.15) is 0 Å². The van der Waals surface area contributed by atoms with Gasteiger partial charge in [-0.05, 0) is 25.1 Å². The Morgan fingerprint density at radius 2 is 1.81 bits per heavy atom. The maximum atomic E-state index is 5.71. The fourth-order valence-electron chi connectivity index (χ4n) is 2.80. The van der Waals surface area contributed by atoms with Crippen molar-refractivity contribution >= 4 is 27.2 Å². The van der Waals surface area contributed by atoms with E-state index in [1.807, 2.05) is 43.3 Å². The molecular weight excluding hydrogens is 342 g/mol. The average molecular weight is 361 g/mol. The quantitative estimate of drug-likeness (QED) is 0.482. The van der Waals surface area contributed by atoms with Crippen molar-refractivity contribution in [3.8, 4) is 17.1 Å². The summed E-state index contributed by atoms with van der Waals surface area (Å²) in [6, 6.07) is 20.1. The van der Waals surface area contributed by atoms with Gasteiger partial charge < -0.3 is 10.1 Å². The second kappa shape index (κ2) is 7.54. The third-order valence-electron chi connectivity index (χ3n) is 4.00. The Bertz CT molecular complexity index is 1010. The van der Waals surface area contributed by atoms with E-state index in [9.17, 15) is 0 Å². The van der Waals surface area contributed by atoms with Gasteiger partial charge in [0.15, 0.2) is 5.82 Å². The fraction of sp³-hybridized carbons (Fsp3) is 0.143. The number of para-hydroxylation sites is 1. The van der Waals surface area contributed by atoms with Crippen LogP contribution in [0.25, 0.3) is 21.5 Å². The molecule has 2 aromatic heterocycles. The lowest BCUT2D eigenvalue weighted by molar-refractivity contribution is 0.333. The zero-order valence-electron chi connectivity index (χ0n) is 14.5. The number of thiophene rings is 1. The van der Waals surface area contributed by atoms with Crippen LogP contribution in [-0.2, 0) is 0 Å².